The third-order valence-electron chi connectivity index (χ3n) is 5.07. The quantitative estimate of drug-likeness (QED) is 0.652. The van der Waals surface area contributed by atoms with E-state index in [0.717, 1.165) is 23.7 Å². The Kier molecular flexibility index (Phi) is 2.26. The van der Waals surface area contributed by atoms with E-state index in [0.29, 0.717) is 12.5 Å². The Bertz CT molecular complexity index is 274. The predicted octanol–water partition coefficient (Wildman–Crippen LogP) is 2.62. The molecule has 0 aromatic rings. The van der Waals surface area contributed by atoms with Gasteiger partial charge in [-0.2, -0.15) is 0 Å². The monoisotopic (exact) mass is 208 g/mol. The van der Waals surface area contributed by atoms with E-state index in [2.05, 4.69) is 0 Å². The average Bonchev–Trinajstić information content (AvgIpc) is 2.87. The van der Waals surface area contributed by atoms with Crippen LogP contribution in [0.2, 0.25) is 0 Å². The van der Waals surface area contributed by atoms with Gasteiger partial charge in [0.1, 0.15) is 0 Å². The minimum absolute atomic E-state index is 0.110. The highest BCUT2D eigenvalue weighted by atomic mass is 16.5. The van der Waals surface area contributed by atoms with Crippen molar-refractivity contribution in [1.82, 2.24) is 0 Å². The Labute approximate surface area is 91.4 Å². The zero-order valence-corrected chi connectivity index (χ0v) is 9.45. The van der Waals surface area contributed by atoms with E-state index >= 15 is 0 Å². The highest BCUT2D eigenvalue weighted by molar-refractivity contribution is 5.65. The summed E-state index contributed by atoms with van der Waals surface area (Å²) in [7, 11) is 0. The zero-order chi connectivity index (χ0) is 10.4. The molecule has 2 nitrogen and oxygen atoms in total. The van der Waals surface area contributed by atoms with Gasteiger partial charge in [-0.1, -0.05) is 0 Å². The second-order valence-corrected chi connectivity index (χ2v) is 5.71. The summed E-state index contributed by atoms with van der Waals surface area (Å²) >= 11 is 0. The summed E-state index contributed by atoms with van der Waals surface area (Å²) in [5.41, 5.74) is 0. The highest BCUT2D eigenvalue weighted by Crippen LogP contribution is 2.60. The molecule has 0 aliphatic heterocycles. The molecular weight excluding hydrogens is 188 g/mol. The Morgan fingerprint density at radius 3 is 2.80 bits per heavy atom. The van der Waals surface area contributed by atoms with Crippen LogP contribution in [0.4, 0.5) is 0 Å². The van der Waals surface area contributed by atoms with Crippen LogP contribution in [0.5, 0.6) is 0 Å². The number of carbonyl (C=O) groups excluding carboxylic acids is 1. The smallest absolute Gasteiger partial charge is 0.302 e. The minimum Gasteiger partial charge on any atom is -0.466 e. The molecular formula is C13H20O2. The molecule has 0 spiro atoms. The van der Waals surface area contributed by atoms with Crippen LogP contribution in [0.15, 0.2) is 0 Å². The van der Waals surface area contributed by atoms with Crippen molar-refractivity contribution in [3.63, 3.8) is 0 Å². The molecule has 84 valence electrons. The van der Waals surface area contributed by atoms with E-state index in [1.54, 1.807) is 0 Å². The molecule has 0 amide bonds. The van der Waals surface area contributed by atoms with Crippen molar-refractivity contribution >= 4 is 5.97 Å². The summed E-state index contributed by atoms with van der Waals surface area (Å²) in [4.78, 5) is 10.8. The summed E-state index contributed by atoms with van der Waals surface area (Å²) in [6, 6.07) is 0. The molecule has 5 atom stereocenters. The molecule has 2 bridgehead atoms. The molecule has 3 saturated carbocycles. The topological polar surface area (TPSA) is 26.3 Å². The van der Waals surface area contributed by atoms with Gasteiger partial charge in [0.05, 0.1) is 6.61 Å². The molecule has 3 rings (SSSR count). The first-order chi connectivity index (χ1) is 7.25. The highest BCUT2D eigenvalue weighted by Gasteiger charge is 2.53. The fourth-order valence-electron chi connectivity index (χ4n) is 4.64. The van der Waals surface area contributed by atoms with Gasteiger partial charge in [-0.3, -0.25) is 4.79 Å². The van der Waals surface area contributed by atoms with Gasteiger partial charge in [-0.05, 0) is 61.7 Å². The lowest BCUT2D eigenvalue weighted by Gasteiger charge is -2.28. The normalized spacial score (nSPS) is 46.9. The Hall–Kier alpha value is -0.530. The molecule has 0 saturated heterocycles. The van der Waals surface area contributed by atoms with Gasteiger partial charge in [0.25, 0.3) is 0 Å². The third-order valence-corrected chi connectivity index (χ3v) is 5.07. The maximum absolute atomic E-state index is 10.8. The van der Waals surface area contributed by atoms with Crippen molar-refractivity contribution < 1.29 is 9.53 Å². The maximum Gasteiger partial charge on any atom is 0.302 e. The van der Waals surface area contributed by atoms with E-state index in [1.165, 1.54) is 39.0 Å². The molecule has 0 radical (unpaired) electrons. The zero-order valence-electron chi connectivity index (χ0n) is 9.45. The molecule has 0 N–H and O–H groups in total. The second kappa shape index (κ2) is 3.50. The molecule has 3 aliphatic carbocycles. The summed E-state index contributed by atoms with van der Waals surface area (Å²) in [5.74, 6) is 4.48. The van der Waals surface area contributed by atoms with Gasteiger partial charge in [-0.25, -0.2) is 0 Å². The Morgan fingerprint density at radius 2 is 2.00 bits per heavy atom. The van der Waals surface area contributed by atoms with Gasteiger partial charge < -0.3 is 4.74 Å². The average molecular weight is 208 g/mol. The molecule has 2 heteroatoms. The summed E-state index contributed by atoms with van der Waals surface area (Å²) in [6.07, 6.45) is 7.10. The van der Waals surface area contributed by atoms with Crippen LogP contribution in [0.25, 0.3) is 0 Å². The number of hydrogen-bond donors (Lipinski definition) is 0. The number of carbonyl (C=O) groups is 1. The van der Waals surface area contributed by atoms with E-state index < -0.39 is 0 Å². The first-order valence-electron chi connectivity index (χ1n) is 6.39. The van der Waals surface area contributed by atoms with Gasteiger partial charge in [0.15, 0.2) is 0 Å². The molecule has 15 heavy (non-hydrogen) atoms. The van der Waals surface area contributed by atoms with E-state index in [-0.39, 0.29) is 5.97 Å². The van der Waals surface area contributed by atoms with Gasteiger partial charge in [-0.15, -0.1) is 0 Å². The summed E-state index contributed by atoms with van der Waals surface area (Å²) in [5, 5.41) is 0. The third kappa shape index (κ3) is 1.49. The molecule has 0 aromatic heterocycles. The number of rotatable bonds is 2. The number of esters is 1. The Balaban J connectivity index is 1.65. The lowest BCUT2D eigenvalue weighted by molar-refractivity contribution is -0.142. The van der Waals surface area contributed by atoms with Crippen LogP contribution in [0.3, 0.4) is 0 Å². The largest absolute Gasteiger partial charge is 0.466 e. The van der Waals surface area contributed by atoms with Crippen molar-refractivity contribution in [1.29, 1.82) is 0 Å². The molecule has 3 aliphatic rings. The summed E-state index contributed by atoms with van der Waals surface area (Å²) in [6.45, 7) is 2.22. The van der Waals surface area contributed by atoms with Crippen molar-refractivity contribution in [2.75, 3.05) is 6.61 Å². The van der Waals surface area contributed by atoms with Crippen LogP contribution in [-0.4, -0.2) is 12.6 Å². The molecule has 0 heterocycles. The van der Waals surface area contributed by atoms with Crippen LogP contribution < -0.4 is 0 Å². The Morgan fingerprint density at radius 1 is 1.20 bits per heavy atom. The van der Waals surface area contributed by atoms with Crippen molar-refractivity contribution in [3.05, 3.63) is 0 Å². The maximum atomic E-state index is 10.8. The predicted molar refractivity (Wildman–Crippen MR) is 57.2 cm³/mol. The van der Waals surface area contributed by atoms with Gasteiger partial charge >= 0.3 is 5.97 Å². The minimum atomic E-state index is -0.110. The number of ether oxygens (including phenoxy) is 1. The van der Waals surface area contributed by atoms with Crippen LogP contribution >= 0.6 is 0 Å². The first-order valence-corrected chi connectivity index (χ1v) is 6.39. The van der Waals surface area contributed by atoms with Crippen LogP contribution in [0.1, 0.15) is 39.0 Å². The van der Waals surface area contributed by atoms with Crippen LogP contribution in [-0.2, 0) is 9.53 Å². The van der Waals surface area contributed by atoms with Gasteiger partial charge in [0, 0.05) is 6.92 Å². The fraction of sp³-hybridized carbons (Fsp3) is 0.923. The van der Waals surface area contributed by atoms with Gasteiger partial charge in [0.2, 0.25) is 0 Å². The number of fused-ring (bicyclic) bond motifs is 5. The SMILES string of the molecule is CC(=O)OC[C@H]1CC[C@H]2[C@@H]3CC[C@@H](C3)[C@H]12. The summed E-state index contributed by atoms with van der Waals surface area (Å²) < 4.78 is 5.20. The fourth-order valence-corrected chi connectivity index (χ4v) is 4.64. The van der Waals surface area contributed by atoms with E-state index in [9.17, 15) is 4.79 Å². The molecule has 0 aromatic carbocycles. The van der Waals surface area contributed by atoms with E-state index in [4.69, 9.17) is 4.74 Å². The second-order valence-electron chi connectivity index (χ2n) is 5.71. The van der Waals surface area contributed by atoms with Crippen molar-refractivity contribution in [3.8, 4) is 0 Å². The standard InChI is InChI=1S/C13H20O2/c1-8(14)15-7-11-4-5-12-9-2-3-10(6-9)13(11)12/h9-13H,2-7H2,1H3/t9-,10+,11-,12+,13-/m1/s1. The molecule has 0 unspecified atom stereocenters. The van der Waals surface area contributed by atoms with Crippen molar-refractivity contribution in [2.45, 2.75) is 39.0 Å². The molecule has 3 fully saturated rings. The lowest BCUT2D eigenvalue weighted by atomic mass is 9.78. The van der Waals surface area contributed by atoms with Crippen molar-refractivity contribution in [2.24, 2.45) is 29.6 Å². The lowest BCUT2D eigenvalue weighted by Crippen LogP contribution is -2.25. The van der Waals surface area contributed by atoms with Crippen LogP contribution in [0, 0.1) is 29.6 Å². The van der Waals surface area contributed by atoms with E-state index in [1.807, 2.05) is 0 Å². The number of hydrogen-bond acceptors (Lipinski definition) is 2. The first kappa shape index (κ1) is 9.68.